The Hall–Kier alpha value is -2.04. The highest BCUT2D eigenvalue weighted by Gasteiger charge is 2.26. The van der Waals surface area contributed by atoms with Crippen LogP contribution < -0.4 is 10.6 Å². The molecule has 1 heterocycles. The smallest absolute Gasteiger partial charge is 0.222 e. The molecule has 5 heteroatoms. The summed E-state index contributed by atoms with van der Waals surface area (Å²) in [6.07, 6.45) is 3.67. The first-order chi connectivity index (χ1) is 12.0. The molecule has 0 bridgehead atoms. The average molecular weight is 345 g/mol. The molecule has 0 aliphatic carbocycles. The third kappa shape index (κ3) is 5.48. The Kier molecular flexibility index (Phi) is 7.29. The van der Waals surface area contributed by atoms with Crippen LogP contribution in [-0.2, 0) is 11.3 Å². The summed E-state index contributed by atoms with van der Waals surface area (Å²) in [6.45, 7) is 8.89. The molecule has 0 spiro atoms. The Labute approximate surface area is 151 Å². The average Bonchev–Trinajstić information content (AvgIpc) is 3.01. The minimum absolute atomic E-state index is 0.309. The standard InChI is InChI=1S/C20H32N4O/c1-5-18(24-12-6-7-19(24)25)10-11-22-20(21-4)23-14-17-9-8-15(2)13-16(17)3/h8-9,13,18H,5-7,10-12,14H2,1-4H3,(H2,21,22,23). The van der Waals surface area contributed by atoms with E-state index in [0.29, 0.717) is 18.4 Å². The number of aryl methyl sites for hydroxylation is 2. The molecule has 1 atom stereocenters. The van der Waals surface area contributed by atoms with E-state index in [2.05, 4.69) is 54.6 Å². The second-order valence-corrected chi connectivity index (χ2v) is 6.82. The lowest BCUT2D eigenvalue weighted by molar-refractivity contribution is -0.129. The Bertz CT molecular complexity index is 612. The highest BCUT2D eigenvalue weighted by Crippen LogP contribution is 2.17. The molecule has 1 amide bonds. The van der Waals surface area contributed by atoms with E-state index in [0.717, 1.165) is 44.9 Å². The van der Waals surface area contributed by atoms with Crippen LogP contribution in [0.1, 0.15) is 49.3 Å². The summed E-state index contributed by atoms with van der Waals surface area (Å²) >= 11 is 0. The molecule has 1 fully saturated rings. The van der Waals surface area contributed by atoms with Gasteiger partial charge in [0.05, 0.1) is 0 Å². The second-order valence-electron chi connectivity index (χ2n) is 6.82. The first-order valence-electron chi connectivity index (χ1n) is 9.35. The molecule has 2 rings (SSSR count). The van der Waals surface area contributed by atoms with Gasteiger partial charge in [-0.2, -0.15) is 0 Å². The number of likely N-dealkylation sites (tertiary alicyclic amines) is 1. The predicted octanol–water partition coefficient (Wildman–Crippen LogP) is 2.76. The summed E-state index contributed by atoms with van der Waals surface area (Å²) in [5, 5.41) is 6.75. The molecular weight excluding hydrogens is 312 g/mol. The normalized spacial score (nSPS) is 16.2. The van der Waals surface area contributed by atoms with Crippen molar-refractivity contribution in [3.8, 4) is 0 Å². The molecule has 1 aromatic carbocycles. The highest BCUT2D eigenvalue weighted by atomic mass is 16.2. The van der Waals surface area contributed by atoms with Gasteiger partial charge < -0.3 is 15.5 Å². The van der Waals surface area contributed by atoms with E-state index in [9.17, 15) is 4.79 Å². The van der Waals surface area contributed by atoms with E-state index < -0.39 is 0 Å². The summed E-state index contributed by atoms with van der Waals surface area (Å²) in [4.78, 5) is 18.3. The molecule has 2 N–H and O–H groups in total. The number of aliphatic imine (C=N–C) groups is 1. The first-order valence-corrected chi connectivity index (χ1v) is 9.35. The third-order valence-electron chi connectivity index (χ3n) is 4.96. The molecule has 0 saturated carbocycles. The van der Waals surface area contributed by atoms with Crippen molar-refractivity contribution in [1.29, 1.82) is 0 Å². The molecule has 1 aliphatic rings. The number of benzene rings is 1. The fourth-order valence-corrected chi connectivity index (χ4v) is 3.44. The van der Waals surface area contributed by atoms with Crippen LogP contribution in [0.5, 0.6) is 0 Å². The van der Waals surface area contributed by atoms with Gasteiger partial charge in [0, 0.05) is 39.1 Å². The van der Waals surface area contributed by atoms with Crippen molar-refractivity contribution in [1.82, 2.24) is 15.5 Å². The number of carbonyl (C=O) groups excluding carboxylic acids is 1. The summed E-state index contributed by atoms with van der Waals surface area (Å²) in [5.74, 6) is 1.12. The summed E-state index contributed by atoms with van der Waals surface area (Å²) in [6, 6.07) is 6.84. The van der Waals surface area contributed by atoms with Gasteiger partial charge in [0.15, 0.2) is 5.96 Å². The van der Waals surface area contributed by atoms with Crippen LogP contribution in [0.15, 0.2) is 23.2 Å². The van der Waals surface area contributed by atoms with E-state index in [1.165, 1.54) is 16.7 Å². The van der Waals surface area contributed by atoms with Crippen molar-refractivity contribution in [2.45, 2.75) is 59.0 Å². The maximum absolute atomic E-state index is 11.9. The van der Waals surface area contributed by atoms with Crippen molar-refractivity contribution < 1.29 is 4.79 Å². The number of rotatable bonds is 7. The zero-order chi connectivity index (χ0) is 18.2. The maximum atomic E-state index is 11.9. The summed E-state index contributed by atoms with van der Waals surface area (Å²) < 4.78 is 0. The van der Waals surface area contributed by atoms with E-state index >= 15 is 0 Å². The molecule has 1 aromatic rings. The minimum atomic E-state index is 0.309. The van der Waals surface area contributed by atoms with Crippen molar-refractivity contribution in [2.24, 2.45) is 4.99 Å². The van der Waals surface area contributed by atoms with E-state index in [1.807, 2.05) is 4.90 Å². The van der Waals surface area contributed by atoms with Gasteiger partial charge in [0.25, 0.3) is 0 Å². The molecule has 0 aromatic heterocycles. The van der Waals surface area contributed by atoms with Crippen LogP contribution >= 0.6 is 0 Å². The second kappa shape index (κ2) is 9.44. The Morgan fingerprint density at radius 3 is 2.72 bits per heavy atom. The lowest BCUT2D eigenvalue weighted by Crippen LogP contribution is -2.41. The van der Waals surface area contributed by atoms with Gasteiger partial charge in [-0.1, -0.05) is 30.7 Å². The molecule has 1 saturated heterocycles. The minimum Gasteiger partial charge on any atom is -0.356 e. The number of guanidine groups is 1. The monoisotopic (exact) mass is 344 g/mol. The van der Waals surface area contributed by atoms with Crippen LogP contribution in [0, 0.1) is 13.8 Å². The Morgan fingerprint density at radius 1 is 1.32 bits per heavy atom. The van der Waals surface area contributed by atoms with Gasteiger partial charge in [-0.3, -0.25) is 9.79 Å². The fourth-order valence-electron chi connectivity index (χ4n) is 3.44. The number of amides is 1. The molecule has 1 aliphatic heterocycles. The van der Waals surface area contributed by atoms with E-state index in [-0.39, 0.29) is 0 Å². The third-order valence-corrected chi connectivity index (χ3v) is 4.96. The first kappa shape index (κ1) is 19.3. The van der Waals surface area contributed by atoms with Crippen LogP contribution in [0.2, 0.25) is 0 Å². The van der Waals surface area contributed by atoms with Crippen LogP contribution in [0.3, 0.4) is 0 Å². The maximum Gasteiger partial charge on any atom is 0.222 e. The Morgan fingerprint density at radius 2 is 2.12 bits per heavy atom. The van der Waals surface area contributed by atoms with E-state index in [4.69, 9.17) is 0 Å². The highest BCUT2D eigenvalue weighted by molar-refractivity contribution is 5.80. The van der Waals surface area contributed by atoms with Crippen molar-refractivity contribution in [2.75, 3.05) is 20.1 Å². The number of nitrogens with one attached hydrogen (secondary N) is 2. The van der Waals surface area contributed by atoms with Gasteiger partial charge in [-0.25, -0.2) is 0 Å². The van der Waals surface area contributed by atoms with Crippen molar-refractivity contribution >= 4 is 11.9 Å². The lowest BCUT2D eigenvalue weighted by atomic mass is 10.1. The largest absolute Gasteiger partial charge is 0.356 e. The van der Waals surface area contributed by atoms with Gasteiger partial charge in [0.2, 0.25) is 5.91 Å². The zero-order valence-corrected chi connectivity index (χ0v) is 16.1. The predicted molar refractivity (Wildman–Crippen MR) is 104 cm³/mol. The molecule has 138 valence electrons. The number of carbonyl (C=O) groups is 1. The molecule has 0 radical (unpaired) electrons. The van der Waals surface area contributed by atoms with Crippen molar-refractivity contribution in [3.05, 3.63) is 34.9 Å². The number of hydrogen-bond donors (Lipinski definition) is 2. The lowest BCUT2D eigenvalue weighted by Gasteiger charge is -2.27. The quantitative estimate of drug-likeness (QED) is 0.591. The molecule has 1 unspecified atom stereocenters. The van der Waals surface area contributed by atoms with Gasteiger partial charge in [-0.15, -0.1) is 0 Å². The van der Waals surface area contributed by atoms with Crippen LogP contribution in [0.25, 0.3) is 0 Å². The van der Waals surface area contributed by atoms with Crippen LogP contribution in [-0.4, -0.2) is 42.9 Å². The fraction of sp³-hybridized carbons (Fsp3) is 0.600. The molecule has 5 nitrogen and oxygen atoms in total. The topological polar surface area (TPSA) is 56.7 Å². The van der Waals surface area contributed by atoms with E-state index in [1.54, 1.807) is 7.05 Å². The number of nitrogens with zero attached hydrogens (tertiary/aromatic N) is 2. The Balaban J connectivity index is 1.78. The zero-order valence-electron chi connectivity index (χ0n) is 16.1. The van der Waals surface area contributed by atoms with Gasteiger partial charge in [-0.05, 0) is 44.2 Å². The summed E-state index contributed by atoms with van der Waals surface area (Å²) in [5.41, 5.74) is 3.86. The number of hydrogen-bond acceptors (Lipinski definition) is 2. The summed E-state index contributed by atoms with van der Waals surface area (Å²) in [7, 11) is 1.79. The SMILES string of the molecule is CCC(CCNC(=NC)NCc1ccc(C)cc1C)N1CCCC1=O. The van der Waals surface area contributed by atoms with Gasteiger partial charge in [0.1, 0.15) is 0 Å². The molecular formula is C20H32N4O. The van der Waals surface area contributed by atoms with Crippen LogP contribution in [0.4, 0.5) is 0 Å². The van der Waals surface area contributed by atoms with Crippen molar-refractivity contribution in [3.63, 3.8) is 0 Å². The van der Waals surface area contributed by atoms with Gasteiger partial charge >= 0.3 is 0 Å². The molecule has 25 heavy (non-hydrogen) atoms.